The minimum absolute atomic E-state index is 0.139. The first-order valence-corrected chi connectivity index (χ1v) is 7.28. The molecule has 0 heterocycles. The van der Waals surface area contributed by atoms with E-state index in [2.05, 4.69) is 10.1 Å². The van der Waals surface area contributed by atoms with Crippen LogP contribution in [0.5, 0.6) is 0 Å². The maximum absolute atomic E-state index is 11.5. The summed E-state index contributed by atoms with van der Waals surface area (Å²) < 4.78 is 26.2. The Morgan fingerprint density at radius 3 is 2.68 bits per heavy atom. The van der Waals surface area contributed by atoms with Gasteiger partial charge < -0.3 is 15.8 Å². The van der Waals surface area contributed by atoms with Gasteiger partial charge in [0, 0.05) is 6.54 Å². The first kappa shape index (κ1) is 15.3. The number of nitrogen functional groups attached to an aromatic ring is 1. The molecule has 19 heavy (non-hydrogen) atoms. The number of nitrogens with one attached hydrogen (secondary N) is 1. The van der Waals surface area contributed by atoms with Crippen LogP contribution in [0, 0.1) is 0 Å². The number of hydrogen-bond donors (Lipinski definition) is 3. The third-order valence-corrected chi connectivity index (χ3v) is 3.27. The minimum atomic E-state index is -3.48. The number of methoxy groups -OCH3 is 1. The average molecular weight is 287 g/mol. The third-order valence-electron chi connectivity index (χ3n) is 2.41. The van der Waals surface area contributed by atoms with Crippen molar-refractivity contribution in [3.05, 3.63) is 23.8 Å². The molecule has 0 aliphatic rings. The van der Waals surface area contributed by atoms with Gasteiger partial charge in [0.05, 0.1) is 29.8 Å². The maximum atomic E-state index is 11.5. The molecule has 0 aliphatic carbocycles. The predicted octanol–water partition coefficient (Wildman–Crippen LogP) is 0.146. The van der Waals surface area contributed by atoms with Crippen LogP contribution < -0.4 is 16.2 Å². The van der Waals surface area contributed by atoms with Crippen LogP contribution in [0.1, 0.15) is 16.8 Å². The maximum Gasteiger partial charge on any atom is 0.340 e. The van der Waals surface area contributed by atoms with Crippen molar-refractivity contribution < 1.29 is 17.9 Å². The van der Waals surface area contributed by atoms with Crippen LogP contribution in [0.3, 0.4) is 0 Å². The Hall–Kier alpha value is -1.80. The zero-order valence-corrected chi connectivity index (χ0v) is 11.4. The zero-order valence-electron chi connectivity index (χ0n) is 10.5. The molecule has 0 aromatic heterocycles. The number of ether oxygens (including phenoxy) is 1. The highest BCUT2D eigenvalue weighted by Gasteiger charge is 2.13. The van der Waals surface area contributed by atoms with Crippen molar-refractivity contribution in [1.82, 2.24) is 0 Å². The van der Waals surface area contributed by atoms with Crippen LogP contribution in [0.15, 0.2) is 18.2 Å². The molecule has 106 valence electrons. The number of primary sulfonamides is 1. The SMILES string of the molecule is COC(=O)c1cccc(N)c1NCCCS(N)(=O)=O. The van der Waals surface area contributed by atoms with Crippen molar-refractivity contribution in [3.8, 4) is 0 Å². The molecule has 0 saturated heterocycles. The van der Waals surface area contributed by atoms with Crippen molar-refractivity contribution >= 4 is 27.4 Å². The van der Waals surface area contributed by atoms with Crippen molar-refractivity contribution in [2.45, 2.75) is 6.42 Å². The molecule has 0 aliphatic heterocycles. The van der Waals surface area contributed by atoms with Gasteiger partial charge in [0.15, 0.2) is 0 Å². The zero-order chi connectivity index (χ0) is 14.5. The van der Waals surface area contributed by atoms with Crippen LogP contribution in [0.25, 0.3) is 0 Å². The number of anilines is 2. The van der Waals surface area contributed by atoms with Crippen molar-refractivity contribution in [2.24, 2.45) is 5.14 Å². The van der Waals surface area contributed by atoms with Crippen LogP contribution in [-0.2, 0) is 14.8 Å². The van der Waals surface area contributed by atoms with E-state index in [1.165, 1.54) is 7.11 Å². The lowest BCUT2D eigenvalue weighted by molar-refractivity contribution is 0.0602. The summed E-state index contributed by atoms with van der Waals surface area (Å²) in [5.74, 6) is -0.651. The van der Waals surface area contributed by atoms with E-state index in [-0.39, 0.29) is 5.75 Å². The summed E-state index contributed by atoms with van der Waals surface area (Å²) in [4.78, 5) is 11.5. The molecule has 0 atom stereocenters. The van der Waals surface area contributed by atoms with Crippen molar-refractivity contribution in [3.63, 3.8) is 0 Å². The number of nitrogens with two attached hydrogens (primary N) is 2. The minimum Gasteiger partial charge on any atom is -0.465 e. The molecule has 0 fully saturated rings. The summed E-state index contributed by atoms with van der Waals surface area (Å²) in [5, 5.41) is 7.81. The summed E-state index contributed by atoms with van der Waals surface area (Å²) in [6.45, 7) is 0.328. The number of esters is 1. The van der Waals surface area contributed by atoms with Gasteiger partial charge in [-0.15, -0.1) is 0 Å². The summed E-state index contributed by atoms with van der Waals surface area (Å²) >= 11 is 0. The van der Waals surface area contributed by atoms with E-state index in [4.69, 9.17) is 10.9 Å². The molecule has 1 aromatic rings. The summed E-state index contributed by atoms with van der Waals surface area (Å²) in [6, 6.07) is 4.84. The fraction of sp³-hybridized carbons (Fsp3) is 0.364. The Bertz CT molecular complexity index is 557. The van der Waals surface area contributed by atoms with Gasteiger partial charge in [-0.3, -0.25) is 0 Å². The molecule has 0 spiro atoms. The van der Waals surface area contributed by atoms with Gasteiger partial charge in [-0.05, 0) is 18.6 Å². The lowest BCUT2D eigenvalue weighted by Crippen LogP contribution is -2.19. The molecular formula is C11H17N3O4S. The molecule has 0 amide bonds. The van der Waals surface area contributed by atoms with E-state index in [1.54, 1.807) is 18.2 Å². The standard InChI is InChI=1S/C11H17N3O4S/c1-18-11(15)8-4-2-5-9(12)10(8)14-6-3-7-19(13,16)17/h2,4-5,14H,3,6-7,12H2,1H3,(H2,13,16,17). The monoisotopic (exact) mass is 287 g/mol. The van der Waals surface area contributed by atoms with Gasteiger partial charge in [0.2, 0.25) is 10.0 Å². The molecule has 7 nitrogen and oxygen atoms in total. The second-order valence-electron chi connectivity index (χ2n) is 3.91. The summed E-state index contributed by atoms with van der Waals surface area (Å²) in [6.07, 6.45) is 0.313. The van der Waals surface area contributed by atoms with Crippen LogP contribution >= 0.6 is 0 Å². The van der Waals surface area contributed by atoms with Gasteiger partial charge >= 0.3 is 5.97 Å². The van der Waals surface area contributed by atoms with Gasteiger partial charge in [0.25, 0.3) is 0 Å². The molecule has 1 aromatic carbocycles. The van der Waals surface area contributed by atoms with E-state index in [9.17, 15) is 13.2 Å². The number of benzene rings is 1. The molecule has 8 heteroatoms. The first-order valence-electron chi connectivity index (χ1n) is 5.56. The molecule has 1 rings (SSSR count). The summed E-state index contributed by atoms with van der Waals surface area (Å²) in [5.41, 5.74) is 6.89. The Labute approximate surface area is 112 Å². The first-order chi connectivity index (χ1) is 8.85. The average Bonchev–Trinajstić information content (AvgIpc) is 2.33. The summed E-state index contributed by atoms with van der Waals surface area (Å²) in [7, 11) is -2.21. The molecule has 0 unspecified atom stereocenters. The van der Waals surface area contributed by atoms with Crippen molar-refractivity contribution in [2.75, 3.05) is 30.5 Å². The second-order valence-corrected chi connectivity index (χ2v) is 5.64. The van der Waals surface area contributed by atoms with Gasteiger partial charge in [-0.2, -0.15) is 0 Å². The Kier molecular flexibility index (Phi) is 5.13. The highest BCUT2D eigenvalue weighted by atomic mass is 32.2. The lowest BCUT2D eigenvalue weighted by atomic mass is 10.1. The van der Waals surface area contributed by atoms with Gasteiger partial charge in [-0.1, -0.05) is 6.07 Å². The number of carbonyl (C=O) groups is 1. The number of sulfonamides is 1. The van der Waals surface area contributed by atoms with Crippen molar-refractivity contribution in [1.29, 1.82) is 0 Å². The number of carbonyl (C=O) groups excluding carboxylic acids is 1. The second kappa shape index (κ2) is 6.39. The van der Waals surface area contributed by atoms with E-state index in [1.807, 2.05) is 0 Å². The highest BCUT2D eigenvalue weighted by molar-refractivity contribution is 7.89. The quantitative estimate of drug-likeness (QED) is 0.388. The Morgan fingerprint density at radius 2 is 2.11 bits per heavy atom. The van der Waals surface area contributed by atoms with E-state index < -0.39 is 16.0 Å². The van der Waals surface area contributed by atoms with Crippen LogP contribution in [-0.4, -0.2) is 33.8 Å². The smallest absolute Gasteiger partial charge is 0.340 e. The van der Waals surface area contributed by atoms with E-state index >= 15 is 0 Å². The molecular weight excluding hydrogens is 270 g/mol. The Balaban J connectivity index is 2.74. The molecule has 0 saturated carbocycles. The number of hydrogen-bond acceptors (Lipinski definition) is 6. The van der Waals surface area contributed by atoms with Gasteiger partial charge in [-0.25, -0.2) is 18.4 Å². The van der Waals surface area contributed by atoms with E-state index in [0.717, 1.165) is 0 Å². The van der Waals surface area contributed by atoms with E-state index in [0.29, 0.717) is 29.9 Å². The predicted molar refractivity (Wildman–Crippen MR) is 73.3 cm³/mol. The fourth-order valence-electron chi connectivity index (χ4n) is 1.53. The topological polar surface area (TPSA) is 125 Å². The molecule has 0 bridgehead atoms. The molecule has 0 radical (unpaired) electrons. The van der Waals surface area contributed by atoms with Gasteiger partial charge in [0.1, 0.15) is 0 Å². The molecule has 5 N–H and O–H groups in total. The third kappa shape index (κ3) is 4.76. The van der Waals surface area contributed by atoms with Crippen LogP contribution in [0.2, 0.25) is 0 Å². The largest absolute Gasteiger partial charge is 0.465 e. The Morgan fingerprint density at radius 1 is 1.42 bits per heavy atom. The highest BCUT2D eigenvalue weighted by Crippen LogP contribution is 2.24. The van der Waals surface area contributed by atoms with Crippen LogP contribution in [0.4, 0.5) is 11.4 Å². The number of rotatable bonds is 6. The fourth-order valence-corrected chi connectivity index (χ4v) is 2.08. The lowest BCUT2D eigenvalue weighted by Gasteiger charge is -2.12. The normalized spacial score (nSPS) is 11.1. The number of para-hydroxylation sites is 1.